The molecule has 1 amide bonds. The standard InChI is InChI=1S/C16H31NO2/c1-12(2)11-16(8-5-6-9-16)15(19)17-14(7-10-18)13(3)4/h12-14,18H,5-11H2,1-4H3,(H,17,19). The van der Waals surface area contributed by atoms with E-state index in [0.717, 1.165) is 19.3 Å². The number of aliphatic hydroxyl groups excluding tert-OH is 1. The van der Waals surface area contributed by atoms with Crippen LogP contribution in [0.15, 0.2) is 0 Å². The molecule has 0 bridgehead atoms. The van der Waals surface area contributed by atoms with E-state index in [9.17, 15) is 4.79 Å². The lowest BCUT2D eigenvalue weighted by Gasteiger charge is -2.33. The lowest BCUT2D eigenvalue weighted by Crippen LogP contribution is -2.47. The average molecular weight is 269 g/mol. The third kappa shape index (κ3) is 4.48. The van der Waals surface area contributed by atoms with Crippen LogP contribution in [0.25, 0.3) is 0 Å². The van der Waals surface area contributed by atoms with Gasteiger partial charge in [-0.15, -0.1) is 0 Å². The van der Waals surface area contributed by atoms with Gasteiger partial charge in [-0.25, -0.2) is 0 Å². The van der Waals surface area contributed by atoms with Gasteiger partial charge in [0.15, 0.2) is 0 Å². The van der Waals surface area contributed by atoms with Crippen molar-refractivity contribution in [3.05, 3.63) is 0 Å². The van der Waals surface area contributed by atoms with E-state index >= 15 is 0 Å². The van der Waals surface area contributed by atoms with Crippen LogP contribution in [0.4, 0.5) is 0 Å². The van der Waals surface area contributed by atoms with Gasteiger partial charge in [0.25, 0.3) is 0 Å². The van der Waals surface area contributed by atoms with Crippen LogP contribution in [-0.4, -0.2) is 23.7 Å². The molecule has 3 nitrogen and oxygen atoms in total. The molecule has 0 aliphatic heterocycles. The molecule has 1 aliphatic rings. The summed E-state index contributed by atoms with van der Waals surface area (Å²) in [7, 11) is 0. The Bertz CT molecular complexity index is 280. The first kappa shape index (κ1) is 16.5. The van der Waals surface area contributed by atoms with E-state index in [0.29, 0.717) is 18.3 Å². The molecule has 1 fully saturated rings. The van der Waals surface area contributed by atoms with Crippen molar-refractivity contribution >= 4 is 5.91 Å². The van der Waals surface area contributed by atoms with Crippen LogP contribution >= 0.6 is 0 Å². The normalized spacial score (nSPS) is 19.9. The molecular formula is C16H31NO2. The number of nitrogens with one attached hydrogen (secondary N) is 1. The number of hydrogen-bond donors (Lipinski definition) is 2. The van der Waals surface area contributed by atoms with Gasteiger partial charge in [-0.2, -0.15) is 0 Å². The smallest absolute Gasteiger partial charge is 0.226 e. The average Bonchev–Trinajstić information content (AvgIpc) is 2.77. The van der Waals surface area contributed by atoms with Crippen molar-refractivity contribution in [1.29, 1.82) is 0 Å². The number of hydrogen-bond acceptors (Lipinski definition) is 2. The molecular weight excluding hydrogens is 238 g/mol. The number of carbonyl (C=O) groups excluding carboxylic acids is 1. The summed E-state index contributed by atoms with van der Waals surface area (Å²) in [4.78, 5) is 12.7. The molecule has 1 atom stereocenters. The van der Waals surface area contributed by atoms with E-state index in [2.05, 4.69) is 33.0 Å². The molecule has 112 valence electrons. The number of aliphatic hydroxyl groups is 1. The lowest BCUT2D eigenvalue weighted by atomic mass is 9.77. The summed E-state index contributed by atoms with van der Waals surface area (Å²) < 4.78 is 0. The largest absolute Gasteiger partial charge is 0.396 e. The lowest BCUT2D eigenvalue weighted by molar-refractivity contribution is -0.133. The summed E-state index contributed by atoms with van der Waals surface area (Å²) in [6.07, 6.45) is 6.05. The van der Waals surface area contributed by atoms with Crippen LogP contribution in [0.3, 0.4) is 0 Å². The van der Waals surface area contributed by atoms with E-state index in [1.165, 1.54) is 12.8 Å². The van der Waals surface area contributed by atoms with E-state index in [1.54, 1.807) is 0 Å². The van der Waals surface area contributed by atoms with Crippen molar-refractivity contribution in [3.8, 4) is 0 Å². The highest BCUT2D eigenvalue weighted by atomic mass is 16.3. The van der Waals surface area contributed by atoms with E-state index in [4.69, 9.17) is 5.11 Å². The number of rotatable bonds is 7. The summed E-state index contributed by atoms with van der Waals surface area (Å²) in [6.45, 7) is 8.73. The molecule has 0 aromatic rings. The summed E-state index contributed by atoms with van der Waals surface area (Å²) in [6, 6.07) is 0.0992. The second kappa shape index (κ2) is 7.28. The fourth-order valence-corrected chi connectivity index (χ4v) is 3.39. The van der Waals surface area contributed by atoms with Gasteiger partial charge in [-0.1, -0.05) is 40.5 Å². The SMILES string of the molecule is CC(C)CC1(C(=O)NC(CCO)C(C)C)CCCC1. The van der Waals surface area contributed by atoms with Gasteiger partial charge in [-0.3, -0.25) is 4.79 Å². The highest BCUT2D eigenvalue weighted by molar-refractivity contribution is 5.83. The first-order valence-corrected chi connectivity index (χ1v) is 7.83. The highest BCUT2D eigenvalue weighted by Crippen LogP contribution is 2.43. The van der Waals surface area contributed by atoms with Crippen molar-refractivity contribution < 1.29 is 9.90 Å². The molecule has 0 saturated heterocycles. The van der Waals surface area contributed by atoms with Gasteiger partial charge in [0, 0.05) is 18.1 Å². The molecule has 3 heteroatoms. The molecule has 2 N–H and O–H groups in total. The monoisotopic (exact) mass is 269 g/mol. The Kier molecular flexibility index (Phi) is 6.31. The van der Waals surface area contributed by atoms with Crippen molar-refractivity contribution in [1.82, 2.24) is 5.32 Å². The first-order chi connectivity index (χ1) is 8.91. The third-order valence-corrected chi connectivity index (χ3v) is 4.40. The fourth-order valence-electron chi connectivity index (χ4n) is 3.39. The van der Waals surface area contributed by atoms with Crippen molar-refractivity contribution in [2.75, 3.05) is 6.61 Å². The maximum atomic E-state index is 12.7. The zero-order valence-electron chi connectivity index (χ0n) is 13.0. The molecule has 0 spiro atoms. The van der Waals surface area contributed by atoms with Crippen LogP contribution in [0, 0.1) is 17.3 Å². The molecule has 0 heterocycles. The Morgan fingerprint density at radius 3 is 2.21 bits per heavy atom. The minimum atomic E-state index is -0.142. The van der Waals surface area contributed by atoms with E-state index in [-0.39, 0.29) is 24.0 Å². The fraction of sp³-hybridized carbons (Fsp3) is 0.938. The second-order valence-electron chi connectivity index (χ2n) is 6.92. The third-order valence-electron chi connectivity index (χ3n) is 4.40. The summed E-state index contributed by atoms with van der Waals surface area (Å²) in [5.74, 6) is 1.15. The Balaban J connectivity index is 2.71. The Hall–Kier alpha value is -0.570. The predicted molar refractivity (Wildman–Crippen MR) is 78.8 cm³/mol. The maximum Gasteiger partial charge on any atom is 0.226 e. The van der Waals surface area contributed by atoms with Crippen LogP contribution in [0.1, 0.15) is 66.2 Å². The van der Waals surface area contributed by atoms with Gasteiger partial charge >= 0.3 is 0 Å². The van der Waals surface area contributed by atoms with Gasteiger partial charge in [0.1, 0.15) is 0 Å². The Morgan fingerprint density at radius 2 is 1.79 bits per heavy atom. The van der Waals surface area contributed by atoms with E-state index in [1.807, 2.05) is 0 Å². The topological polar surface area (TPSA) is 49.3 Å². The molecule has 19 heavy (non-hydrogen) atoms. The minimum Gasteiger partial charge on any atom is -0.396 e. The van der Waals surface area contributed by atoms with Crippen LogP contribution in [0.5, 0.6) is 0 Å². The van der Waals surface area contributed by atoms with Gasteiger partial charge in [-0.05, 0) is 37.5 Å². The molecule has 0 aromatic heterocycles. The van der Waals surface area contributed by atoms with Crippen LogP contribution in [-0.2, 0) is 4.79 Å². The van der Waals surface area contributed by atoms with Crippen molar-refractivity contribution in [3.63, 3.8) is 0 Å². The molecule has 1 aliphatic carbocycles. The molecule has 0 radical (unpaired) electrons. The zero-order chi connectivity index (χ0) is 14.5. The van der Waals surface area contributed by atoms with Gasteiger partial charge < -0.3 is 10.4 Å². The molecule has 1 unspecified atom stereocenters. The predicted octanol–water partition coefficient (Wildman–Crippen LogP) is 3.12. The summed E-state index contributed by atoms with van der Waals surface area (Å²) in [5, 5.41) is 12.3. The molecule has 1 rings (SSSR count). The van der Waals surface area contributed by atoms with E-state index < -0.39 is 0 Å². The number of carbonyl (C=O) groups is 1. The Morgan fingerprint density at radius 1 is 1.21 bits per heavy atom. The van der Waals surface area contributed by atoms with Crippen LogP contribution < -0.4 is 5.32 Å². The summed E-state index contributed by atoms with van der Waals surface area (Å²) in [5.41, 5.74) is -0.142. The quantitative estimate of drug-likeness (QED) is 0.746. The van der Waals surface area contributed by atoms with Gasteiger partial charge in [0.05, 0.1) is 0 Å². The minimum absolute atomic E-state index is 0.0992. The maximum absolute atomic E-state index is 12.7. The Labute approximate surface area is 118 Å². The second-order valence-corrected chi connectivity index (χ2v) is 6.92. The van der Waals surface area contributed by atoms with Crippen molar-refractivity contribution in [2.45, 2.75) is 72.3 Å². The van der Waals surface area contributed by atoms with Crippen LogP contribution in [0.2, 0.25) is 0 Å². The zero-order valence-corrected chi connectivity index (χ0v) is 13.0. The number of amides is 1. The summed E-state index contributed by atoms with van der Waals surface area (Å²) >= 11 is 0. The van der Waals surface area contributed by atoms with Gasteiger partial charge in [0.2, 0.25) is 5.91 Å². The molecule has 1 saturated carbocycles. The molecule has 0 aromatic carbocycles. The van der Waals surface area contributed by atoms with Crippen molar-refractivity contribution in [2.24, 2.45) is 17.3 Å². The highest BCUT2D eigenvalue weighted by Gasteiger charge is 2.41. The first-order valence-electron chi connectivity index (χ1n) is 7.83.